The average molecular weight is 272 g/mol. The van der Waals surface area contributed by atoms with Crippen LogP contribution in [0.25, 0.3) is 10.8 Å². The summed E-state index contributed by atoms with van der Waals surface area (Å²) in [5.74, 6) is 0. The van der Waals surface area contributed by atoms with Gasteiger partial charge in [0, 0.05) is 40.1 Å². The summed E-state index contributed by atoms with van der Waals surface area (Å²) in [4.78, 5) is 6.54. The molecule has 0 amide bonds. The second-order valence-corrected chi connectivity index (χ2v) is 5.71. The molecule has 1 unspecified atom stereocenters. The smallest absolute Gasteiger partial charge is 0.0424 e. The molecule has 2 aromatic rings. The Morgan fingerprint density at radius 2 is 2.05 bits per heavy atom. The van der Waals surface area contributed by atoms with Gasteiger partial charge in [-0.25, -0.2) is 0 Å². The van der Waals surface area contributed by atoms with E-state index in [1.54, 1.807) is 0 Å². The van der Waals surface area contributed by atoms with E-state index < -0.39 is 0 Å². The summed E-state index contributed by atoms with van der Waals surface area (Å²) >= 11 is 0. The van der Waals surface area contributed by atoms with E-state index in [-0.39, 0.29) is 0 Å². The van der Waals surface area contributed by atoms with Crippen LogP contribution in [0.4, 0.5) is 11.4 Å². The van der Waals surface area contributed by atoms with Crippen molar-refractivity contribution in [3.05, 3.63) is 30.1 Å². The Hall–Kier alpha value is -1.81. The number of aryl methyl sites for hydroxylation is 1. The lowest BCUT2D eigenvalue weighted by atomic mass is 10.1. The van der Waals surface area contributed by atoms with Gasteiger partial charge in [0.15, 0.2) is 0 Å². The number of fused-ring (bicyclic) bond motifs is 1. The van der Waals surface area contributed by atoms with Crippen molar-refractivity contribution in [1.29, 1.82) is 0 Å². The number of hydrogen-bond donors (Lipinski definition) is 2. The zero-order valence-electron chi connectivity index (χ0n) is 12.8. The number of benzene rings is 1. The maximum Gasteiger partial charge on any atom is 0.0424 e. The van der Waals surface area contributed by atoms with Gasteiger partial charge >= 0.3 is 0 Å². The molecule has 0 aliphatic carbocycles. The maximum atomic E-state index is 6.03. The molecule has 2 rings (SSSR count). The SMILES string of the molecule is Cc1cc2c(NC(C)CCN(C)C)ccc(N)c2cn1. The molecule has 1 aromatic carbocycles. The molecular formula is C16H24N4. The van der Waals surface area contributed by atoms with Crippen LogP contribution in [0.15, 0.2) is 24.4 Å². The van der Waals surface area contributed by atoms with E-state index in [1.807, 2.05) is 19.2 Å². The number of nitrogens with one attached hydrogen (secondary N) is 1. The molecule has 0 saturated carbocycles. The van der Waals surface area contributed by atoms with Gasteiger partial charge in [0.1, 0.15) is 0 Å². The molecular weight excluding hydrogens is 248 g/mol. The Morgan fingerprint density at radius 3 is 2.75 bits per heavy atom. The fourth-order valence-electron chi connectivity index (χ4n) is 2.28. The third kappa shape index (κ3) is 3.39. The van der Waals surface area contributed by atoms with Crippen molar-refractivity contribution < 1.29 is 0 Å². The Morgan fingerprint density at radius 1 is 1.30 bits per heavy atom. The van der Waals surface area contributed by atoms with Gasteiger partial charge in [-0.05, 0) is 59.1 Å². The van der Waals surface area contributed by atoms with Gasteiger partial charge in [-0.1, -0.05) is 0 Å². The number of anilines is 2. The lowest BCUT2D eigenvalue weighted by molar-refractivity contribution is 0.390. The number of nitrogen functional groups attached to an aromatic ring is 1. The molecule has 4 nitrogen and oxygen atoms in total. The molecule has 108 valence electrons. The highest BCUT2D eigenvalue weighted by Gasteiger charge is 2.08. The number of hydrogen-bond acceptors (Lipinski definition) is 4. The molecule has 0 spiro atoms. The van der Waals surface area contributed by atoms with Crippen LogP contribution in [0.3, 0.4) is 0 Å². The van der Waals surface area contributed by atoms with E-state index in [0.29, 0.717) is 6.04 Å². The lowest BCUT2D eigenvalue weighted by Gasteiger charge is -2.19. The van der Waals surface area contributed by atoms with Crippen LogP contribution >= 0.6 is 0 Å². The van der Waals surface area contributed by atoms with Gasteiger partial charge < -0.3 is 16.0 Å². The second-order valence-electron chi connectivity index (χ2n) is 5.71. The third-order valence-corrected chi connectivity index (χ3v) is 3.48. The fraction of sp³-hybridized carbons (Fsp3) is 0.438. The van der Waals surface area contributed by atoms with Crippen molar-refractivity contribution in [3.63, 3.8) is 0 Å². The maximum absolute atomic E-state index is 6.03. The van der Waals surface area contributed by atoms with Gasteiger partial charge in [-0.2, -0.15) is 0 Å². The monoisotopic (exact) mass is 272 g/mol. The molecule has 1 heterocycles. The van der Waals surface area contributed by atoms with Crippen LogP contribution in [0.1, 0.15) is 19.0 Å². The lowest BCUT2D eigenvalue weighted by Crippen LogP contribution is -2.23. The highest BCUT2D eigenvalue weighted by Crippen LogP contribution is 2.29. The van der Waals surface area contributed by atoms with Crippen molar-refractivity contribution in [2.24, 2.45) is 0 Å². The summed E-state index contributed by atoms with van der Waals surface area (Å²) in [6.45, 7) is 5.28. The topological polar surface area (TPSA) is 54.2 Å². The van der Waals surface area contributed by atoms with E-state index in [0.717, 1.165) is 40.8 Å². The predicted octanol–water partition coefficient (Wildman–Crippen LogP) is 2.88. The Bertz CT molecular complexity index is 592. The zero-order valence-corrected chi connectivity index (χ0v) is 12.8. The van der Waals surface area contributed by atoms with Gasteiger partial charge in [0.05, 0.1) is 0 Å². The molecule has 0 fully saturated rings. The molecule has 0 aliphatic rings. The predicted molar refractivity (Wildman–Crippen MR) is 87.1 cm³/mol. The van der Waals surface area contributed by atoms with Gasteiger partial charge in [-0.15, -0.1) is 0 Å². The van der Waals surface area contributed by atoms with E-state index >= 15 is 0 Å². The number of rotatable bonds is 5. The Labute approximate surface area is 121 Å². The van der Waals surface area contributed by atoms with Gasteiger partial charge in [0.25, 0.3) is 0 Å². The summed E-state index contributed by atoms with van der Waals surface area (Å²) in [5.41, 5.74) is 8.94. The van der Waals surface area contributed by atoms with Crippen LogP contribution in [0.5, 0.6) is 0 Å². The highest BCUT2D eigenvalue weighted by molar-refractivity contribution is 6.00. The minimum absolute atomic E-state index is 0.415. The first-order chi connectivity index (χ1) is 9.47. The molecule has 0 saturated heterocycles. The Balaban J connectivity index is 2.26. The first kappa shape index (κ1) is 14.6. The highest BCUT2D eigenvalue weighted by atomic mass is 15.1. The summed E-state index contributed by atoms with van der Waals surface area (Å²) < 4.78 is 0. The zero-order chi connectivity index (χ0) is 14.7. The fourth-order valence-corrected chi connectivity index (χ4v) is 2.28. The number of pyridine rings is 1. The largest absolute Gasteiger partial charge is 0.398 e. The first-order valence-electron chi connectivity index (χ1n) is 7.03. The summed E-state index contributed by atoms with van der Waals surface area (Å²) in [7, 11) is 4.20. The molecule has 4 heteroatoms. The van der Waals surface area contributed by atoms with Crippen molar-refractivity contribution >= 4 is 22.1 Å². The van der Waals surface area contributed by atoms with Crippen molar-refractivity contribution in [1.82, 2.24) is 9.88 Å². The number of nitrogens with zero attached hydrogens (tertiary/aromatic N) is 2. The molecule has 20 heavy (non-hydrogen) atoms. The molecule has 0 radical (unpaired) electrons. The summed E-state index contributed by atoms with van der Waals surface area (Å²) in [6, 6.07) is 6.51. The molecule has 1 atom stereocenters. The van der Waals surface area contributed by atoms with Crippen LogP contribution in [-0.2, 0) is 0 Å². The normalized spacial score (nSPS) is 12.8. The van der Waals surface area contributed by atoms with E-state index in [1.165, 1.54) is 0 Å². The van der Waals surface area contributed by atoms with Crippen molar-refractivity contribution in [2.45, 2.75) is 26.3 Å². The molecule has 3 N–H and O–H groups in total. The molecule has 1 aromatic heterocycles. The van der Waals surface area contributed by atoms with Crippen LogP contribution in [0, 0.1) is 6.92 Å². The average Bonchev–Trinajstić information content (AvgIpc) is 2.39. The summed E-state index contributed by atoms with van der Waals surface area (Å²) in [5, 5.41) is 5.75. The third-order valence-electron chi connectivity index (χ3n) is 3.48. The second kappa shape index (κ2) is 6.09. The minimum Gasteiger partial charge on any atom is -0.398 e. The molecule has 0 bridgehead atoms. The van der Waals surface area contributed by atoms with Crippen LogP contribution in [0.2, 0.25) is 0 Å². The minimum atomic E-state index is 0.415. The number of aromatic nitrogens is 1. The number of nitrogens with two attached hydrogens (primary N) is 1. The van der Waals surface area contributed by atoms with Crippen LogP contribution < -0.4 is 11.1 Å². The van der Waals surface area contributed by atoms with E-state index in [4.69, 9.17) is 5.73 Å². The summed E-state index contributed by atoms with van der Waals surface area (Å²) in [6.07, 6.45) is 2.96. The van der Waals surface area contributed by atoms with Gasteiger partial charge in [-0.3, -0.25) is 4.98 Å². The standard InChI is InChI=1S/C16H24N4/c1-11(7-8-20(3)4)19-16-6-5-15(17)14-10-18-12(2)9-13(14)16/h5-6,9-11,19H,7-8,17H2,1-4H3. The Kier molecular flexibility index (Phi) is 4.45. The molecule has 0 aliphatic heterocycles. The van der Waals surface area contributed by atoms with Gasteiger partial charge in [0.2, 0.25) is 0 Å². The first-order valence-corrected chi connectivity index (χ1v) is 7.03. The van der Waals surface area contributed by atoms with Crippen molar-refractivity contribution in [3.8, 4) is 0 Å². The van der Waals surface area contributed by atoms with E-state index in [9.17, 15) is 0 Å². The van der Waals surface area contributed by atoms with Crippen LogP contribution in [-0.4, -0.2) is 36.6 Å². The quantitative estimate of drug-likeness (QED) is 0.822. The van der Waals surface area contributed by atoms with E-state index in [2.05, 4.69) is 48.4 Å². The van der Waals surface area contributed by atoms with Crippen molar-refractivity contribution in [2.75, 3.05) is 31.7 Å².